The number of carbonyl (C=O) groups is 3. The summed E-state index contributed by atoms with van der Waals surface area (Å²) in [4.78, 5) is 45.3. The number of amides is 3. The lowest BCUT2D eigenvalue weighted by Gasteiger charge is -2.48. The molecule has 1 aliphatic carbocycles. The molecule has 5 rings (SSSR count). The molecule has 0 radical (unpaired) electrons. The second-order valence-electron chi connectivity index (χ2n) is 10.1. The van der Waals surface area contributed by atoms with Crippen LogP contribution in [0.1, 0.15) is 71.7 Å². The predicted molar refractivity (Wildman–Crippen MR) is 158 cm³/mol. The molecule has 0 saturated heterocycles. The highest BCUT2D eigenvalue weighted by atomic mass is 35.5. The molecular weight excluding hydrogens is 563 g/mol. The minimum absolute atomic E-state index is 0.0286. The molecule has 4 atom stereocenters. The van der Waals surface area contributed by atoms with E-state index in [1.54, 1.807) is 59.6 Å². The highest BCUT2D eigenvalue weighted by molar-refractivity contribution is 6.35. The second-order valence-corrected chi connectivity index (χ2v) is 11.0. The van der Waals surface area contributed by atoms with Gasteiger partial charge in [-0.05, 0) is 61.2 Å². The van der Waals surface area contributed by atoms with Gasteiger partial charge in [0.15, 0.2) is 0 Å². The fourth-order valence-electron chi connectivity index (χ4n) is 5.84. The van der Waals surface area contributed by atoms with Gasteiger partial charge in [0, 0.05) is 34.4 Å². The number of hydrogen-bond donors (Lipinski definition) is 3. The minimum Gasteiger partial charge on any atom is -0.390 e. The predicted octanol–water partition coefficient (Wildman–Crippen LogP) is 5.03. The molecule has 1 aromatic heterocycles. The van der Waals surface area contributed by atoms with E-state index >= 15 is 0 Å². The van der Waals surface area contributed by atoms with Crippen LogP contribution in [0.5, 0.6) is 0 Å². The van der Waals surface area contributed by atoms with Crippen LogP contribution in [-0.4, -0.2) is 45.3 Å². The summed E-state index contributed by atoms with van der Waals surface area (Å²) >= 11 is 12.7. The maximum atomic E-state index is 13.9. The number of aromatic nitrogens is 1. The molecular formula is C31H34Cl2N4O4. The third kappa shape index (κ3) is 6.72. The van der Waals surface area contributed by atoms with Crippen LogP contribution in [0.2, 0.25) is 10.0 Å². The summed E-state index contributed by atoms with van der Waals surface area (Å²) in [6.07, 6.45) is 4.77. The third-order valence-corrected chi connectivity index (χ3v) is 8.19. The molecule has 3 aromatic rings. The maximum absolute atomic E-state index is 13.9. The SMILES string of the molecule is CCNC(=O)C1CCCCC1N1C(=O)c2ccccc2C(C(N)=O)C1c1ccc(Cl)cc1Cl.OCc1ccccn1. The van der Waals surface area contributed by atoms with Gasteiger partial charge in [-0.1, -0.05) is 66.4 Å². The van der Waals surface area contributed by atoms with E-state index in [1.165, 1.54) is 0 Å². The number of carbonyl (C=O) groups excluding carboxylic acids is 3. The van der Waals surface area contributed by atoms with E-state index in [2.05, 4.69) is 10.3 Å². The fourth-order valence-corrected chi connectivity index (χ4v) is 6.36. The number of aliphatic hydroxyl groups excluding tert-OH is 1. The summed E-state index contributed by atoms with van der Waals surface area (Å²) in [6, 6.07) is 16.4. The molecule has 4 N–H and O–H groups in total. The van der Waals surface area contributed by atoms with Gasteiger partial charge in [0.05, 0.1) is 30.2 Å². The van der Waals surface area contributed by atoms with Crippen molar-refractivity contribution in [3.05, 3.63) is 99.3 Å². The van der Waals surface area contributed by atoms with E-state index in [1.807, 2.05) is 19.1 Å². The van der Waals surface area contributed by atoms with Gasteiger partial charge in [-0.3, -0.25) is 19.4 Å². The zero-order valence-electron chi connectivity index (χ0n) is 22.8. The molecule has 1 fully saturated rings. The zero-order chi connectivity index (χ0) is 29.5. The lowest BCUT2D eigenvalue weighted by molar-refractivity contribution is -0.128. The fraction of sp³-hybridized carbons (Fsp3) is 0.355. The van der Waals surface area contributed by atoms with E-state index in [-0.39, 0.29) is 30.4 Å². The molecule has 2 aliphatic rings. The Morgan fingerprint density at radius 1 is 1.05 bits per heavy atom. The first kappa shape index (κ1) is 30.5. The summed E-state index contributed by atoms with van der Waals surface area (Å²) in [5.74, 6) is -2.04. The van der Waals surface area contributed by atoms with Crippen molar-refractivity contribution in [3.8, 4) is 0 Å². The van der Waals surface area contributed by atoms with Crippen molar-refractivity contribution in [3.63, 3.8) is 0 Å². The number of pyridine rings is 1. The molecule has 3 amide bonds. The summed E-state index contributed by atoms with van der Waals surface area (Å²) < 4.78 is 0. The normalized spacial score (nSPS) is 21.8. The number of nitrogens with two attached hydrogens (primary N) is 1. The number of fused-ring (bicyclic) bond motifs is 1. The van der Waals surface area contributed by atoms with Gasteiger partial charge >= 0.3 is 0 Å². The molecule has 2 heterocycles. The first-order valence-corrected chi connectivity index (χ1v) is 14.5. The molecule has 0 spiro atoms. The highest BCUT2D eigenvalue weighted by Crippen LogP contribution is 2.48. The highest BCUT2D eigenvalue weighted by Gasteiger charge is 2.49. The van der Waals surface area contributed by atoms with Crippen molar-refractivity contribution >= 4 is 40.9 Å². The first-order chi connectivity index (χ1) is 19.8. The lowest BCUT2D eigenvalue weighted by atomic mass is 9.75. The van der Waals surface area contributed by atoms with Crippen molar-refractivity contribution in [1.82, 2.24) is 15.2 Å². The molecule has 8 nitrogen and oxygen atoms in total. The lowest BCUT2D eigenvalue weighted by Crippen LogP contribution is -2.56. The summed E-state index contributed by atoms with van der Waals surface area (Å²) in [5, 5.41) is 12.2. The minimum atomic E-state index is -0.811. The quantitative estimate of drug-likeness (QED) is 0.368. The van der Waals surface area contributed by atoms with Crippen molar-refractivity contribution < 1.29 is 19.5 Å². The van der Waals surface area contributed by atoms with Crippen molar-refractivity contribution in [2.75, 3.05) is 6.54 Å². The smallest absolute Gasteiger partial charge is 0.254 e. The second kappa shape index (κ2) is 13.9. The van der Waals surface area contributed by atoms with Crippen LogP contribution < -0.4 is 11.1 Å². The Morgan fingerprint density at radius 3 is 2.41 bits per heavy atom. The molecule has 4 unspecified atom stereocenters. The van der Waals surface area contributed by atoms with Gasteiger partial charge < -0.3 is 21.1 Å². The van der Waals surface area contributed by atoms with Gasteiger partial charge in [-0.2, -0.15) is 0 Å². The number of nitrogens with zero attached hydrogens (tertiary/aromatic N) is 2. The summed E-state index contributed by atoms with van der Waals surface area (Å²) in [5.41, 5.74) is 8.26. The van der Waals surface area contributed by atoms with Gasteiger partial charge in [0.2, 0.25) is 11.8 Å². The average molecular weight is 598 g/mol. The Balaban J connectivity index is 0.000000417. The van der Waals surface area contributed by atoms with Crippen LogP contribution in [0, 0.1) is 5.92 Å². The largest absolute Gasteiger partial charge is 0.390 e. The van der Waals surface area contributed by atoms with Crippen LogP contribution in [0.15, 0.2) is 66.9 Å². The summed E-state index contributed by atoms with van der Waals surface area (Å²) in [6.45, 7) is 2.41. The molecule has 1 aliphatic heterocycles. The van der Waals surface area contributed by atoms with Crippen LogP contribution in [0.3, 0.4) is 0 Å². The number of hydrogen-bond acceptors (Lipinski definition) is 5. The molecule has 41 heavy (non-hydrogen) atoms. The molecule has 216 valence electrons. The topological polar surface area (TPSA) is 126 Å². The van der Waals surface area contributed by atoms with Crippen LogP contribution >= 0.6 is 23.2 Å². The number of rotatable bonds is 6. The molecule has 1 saturated carbocycles. The van der Waals surface area contributed by atoms with E-state index < -0.39 is 17.9 Å². The van der Waals surface area contributed by atoms with Crippen molar-refractivity contribution in [1.29, 1.82) is 0 Å². The Bertz CT molecular complexity index is 1390. The Kier molecular flexibility index (Phi) is 10.4. The van der Waals surface area contributed by atoms with E-state index in [4.69, 9.17) is 34.0 Å². The zero-order valence-corrected chi connectivity index (χ0v) is 24.3. The Morgan fingerprint density at radius 2 is 1.78 bits per heavy atom. The summed E-state index contributed by atoms with van der Waals surface area (Å²) in [7, 11) is 0. The van der Waals surface area contributed by atoms with Gasteiger partial charge in [0.1, 0.15) is 0 Å². The van der Waals surface area contributed by atoms with E-state index in [9.17, 15) is 14.4 Å². The van der Waals surface area contributed by atoms with E-state index in [0.29, 0.717) is 51.8 Å². The number of primary amides is 1. The number of aliphatic hydroxyl groups is 1. The molecule has 2 aromatic carbocycles. The van der Waals surface area contributed by atoms with Gasteiger partial charge in [-0.25, -0.2) is 0 Å². The Hall–Kier alpha value is -3.46. The van der Waals surface area contributed by atoms with E-state index in [0.717, 1.165) is 12.8 Å². The van der Waals surface area contributed by atoms with Gasteiger partial charge in [-0.15, -0.1) is 0 Å². The molecule has 10 heteroatoms. The number of nitrogens with one attached hydrogen (secondary N) is 1. The van der Waals surface area contributed by atoms with Crippen LogP contribution in [-0.2, 0) is 16.2 Å². The third-order valence-electron chi connectivity index (χ3n) is 7.63. The molecule has 0 bridgehead atoms. The van der Waals surface area contributed by atoms with Crippen molar-refractivity contribution in [2.45, 2.75) is 57.2 Å². The first-order valence-electron chi connectivity index (χ1n) is 13.7. The standard InChI is InChI=1S/C25H27Cl2N3O3.C6H7NO/c1-2-29-24(32)18-9-5-6-10-20(18)30-22(17-12-11-14(26)13-19(17)27)21(23(28)31)15-7-3-4-8-16(15)25(30)33;8-5-6-3-1-2-4-7-6/h3-4,7-8,11-13,18,20-22H,2,5-6,9-10H2,1H3,(H2,28,31)(H,29,32);1-4,8H,5H2. The monoisotopic (exact) mass is 596 g/mol. The average Bonchev–Trinajstić information content (AvgIpc) is 2.98. The Labute approximate surface area is 249 Å². The van der Waals surface area contributed by atoms with Crippen molar-refractivity contribution in [2.24, 2.45) is 11.7 Å². The number of benzene rings is 2. The van der Waals surface area contributed by atoms with Crippen LogP contribution in [0.4, 0.5) is 0 Å². The van der Waals surface area contributed by atoms with Gasteiger partial charge in [0.25, 0.3) is 5.91 Å². The maximum Gasteiger partial charge on any atom is 0.254 e. The number of halogens is 2. The van der Waals surface area contributed by atoms with Crippen LogP contribution in [0.25, 0.3) is 0 Å².